The van der Waals surface area contributed by atoms with E-state index in [1.54, 1.807) is 13.1 Å². The average Bonchev–Trinajstić information content (AvgIpc) is 2.55. The highest BCUT2D eigenvalue weighted by atomic mass is 32.2. The second-order valence-electron chi connectivity index (χ2n) is 5.33. The molecule has 7 nitrogen and oxygen atoms in total. The molecule has 0 saturated carbocycles. The summed E-state index contributed by atoms with van der Waals surface area (Å²) in [5.41, 5.74) is 0.784. The van der Waals surface area contributed by atoms with E-state index in [0.29, 0.717) is 0 Å². The van der Waals surface area contributed by atoms with Crippen LogP contribution in [0.4, 0.5) is 5.82 Å². The molecule has 0 amide bonds. The van der Waals surface area contributed by atoms with E-state index < -0.39 is 10.2 Å². The van der Waals surface area contributed by atoms with Gasteiger partial charge in [0.2, 0.25) is 0 Å². The van der Waals surface area contributed by atoms with E-state index >= 15 is 0 Å². The predicted molar refractivity (Wildman–Crippen MR) is 91.0 cm³/mol. The maximum atomic E-state index is 12.1. The van der Waals surface area contributed by atoms with Gasteiger partial charge in [-0.25, -0.2) is 4.98 Å². The Labute approximate surface area is 139 Å². The molecule has 1 heterocycles. The van der Waals surface area contributed by atoms with Crippen molar-refractivity contribution >= 4 is 16.0 Å². The molecule has 0 spiro atoms. The van der Waals surface area contributed by atoms with Crippen molar-refractivity contribution in [2.75, 3.05) is 31.6 Å². The molecule has 0 aliphatic heterocycles. The third-order valence-electron chi connectivity index (χ3n) is 3.52. The van der Waals surface area contributed by atoms with E-state index in [9.17, 15) is 8.42 Å². The van der Waals surface area contributed by atoms with Gasteiger partial charge in [0.15, 0.2) is 0 Å². The van der Waals surface area contributed by atoms with Crippen LogP contribution in [0, 0.1) is 17.2 Å². The number of hydrogen-bond donors (Lipinski definition) is 1. The van der Waals surface area contributed by atoms with Gasteiger partial charge in [0.1, 0.15) is 5.82 Å². The second kappa shape index (κ2) is 8.82. The van der Waals surface area contributed by atoms with Crippen LogP contribution in [0.25, 0.3) is 0 Å². The molecule has 1 atom stereocenters. The molecule has 1 aromatic heterocycles. The molecule has 0 aromatic carbocycles. The fraction of sp³-hybridized carbons (Fsp3) is 0.600. The van der Waals surface area contributed by atoms with E-state index in [0.717, 1.165) is 28.8 Å². The quantitative estimate of drug-likeness (QED) is 0.733. The number of nitriles is 1. The summed E-state index contributed by atoms with van der Waals surface area (Å²) in [4.78, 5) is 6.48. The molecule has 1 unspecified atom stereocenters. The molecule has 0 fully saturated rings. The van der Waals surface area contributed by atoms with Crippen molar-refractivity contribution in [2.24, 2.45) is 5.92 Å². The lowest BCUT2D eigenvalue weighted by Gasteiger charge is -2.20. The van der Waals surface area contributed by atoms with Crippen LogP contribution in [0.15, 0.2) is 18.3 Å². The van der Waals surface area contributed by atoms with Crippen LogP contribution in [0.5, 0.6) is 0 Å². The lowest BCUT2D eigenvalue weighted by molar-refractivity contribution is 0.430. The number of pyridine rings is 1. The van der Waals surface area contributed by atoms with Gasteiger partial charge < -0.3 is 4.90 Å². The van der Waals surface area contributed by atoms with E-state index in [4.69, 9.17) is 5.26 Å². The zero-order valence-electron chi connectivity index (χ0n) is 14.2. The third-order valence-corrected chi connectivity index (χ3v) is 5.00. The molecule has 0 bridgehead atoms. The number of anilines is 1. The fourth-order valence-electron chi connectivity index (χ4n) is 2.07. The van der Waals surface area contributed by atoms with Crippen LogP contribution in [-0.4, -0.2) is 44.4 Å². The maximum Gasteiger partial charge on any atom is 0.279 e. The molecule has 0 aliphatic rings. The van der Waals surface area contributed by atoms with Gasteiger partial charge >= 0.3 is 0 Å². The Morgan fingerprint density at radius 1 is 1.35 bits per heavy atom. The standard InChI is InChI=1S/C15H25N5O2S/c1-5-20(6-2)15-8-7-14(10-17-15)11-18-23(21,22)19(4)12-13(3)9-16/h7-8,10,13,18H,5-6,11-12H2,1-4H3. The Morgan fingerprint density at radius 3 is 2.48 bits per heavy atom. The first-order chi connectivity index (χ1) is 10.8. The van der Waals surface area contributed by atoms with E-state index in [1.165, 1.54) is 7.05 Å². The SMILES string of the molecule is CCN(CC)c1ccc(CNS(=O)(=O)N(C)CC(C)C#N)cn1. The highest BCUT2D eigenvalue weighted by molar-refractivity contribution is 7.87. The number of hydrogen-bond acceptors (Lipinski definition) is 5. The van der Waals surface area contributed by atoms with Gasteiger partial charge in [0.05, 0.1) is 12.0 Å². The van der Waals surface area contributed by atoms with E-state index in [2.05, 4.69) is 28.5 Å². The largest absolute Gasteiger partial charge is 0.357 e. The lowest BCUT2D eigenvalue weighted by atomic mass is 10.2. The van der Waals surface area contributed by atoms with Crippen molar-refractivity contribution in [1.82, 2.24) is 14.0 Å². The van der Waals surface area contributed by atoms with Crippen molar-refractivity contribution < 1.29 is 8.42 Å². The molecule has 23 heavy (non-hydrogen) atoms. The summed E-state index contributed by atoms with van der Waals surface area (Å²) in [6.07, 6.45) is 1.67. The van der Waals surface area contributed by atoms with Gasteiger partial charge in [0, 0.05) is 39.4 Å². The Morgan fingerprint density at radius 2 is 2.00 bits per heavy atom. The van der Waals surface area contributed by atoms with Crippen molar-refractivity contribution in [3.8, 4) is 6.07 Å². The molecule has 1 aromatic rings. The molecular weight excluding hydrogens is 314 g/mol. The van der Waals surface area contributed by atoms with Gasteiger partial charge in [0.25, 0.3) is 10.2 Å². The molecular formula is C15H25N5O2S. The topological polar surface area (TPSA) is 89.3 Å². The average molecular weight is 339 g/mol. The summed E-state index contributed by atoms with van der Waals surface area (Å²) in [5, 5.41) is 8.76. The minimum absolute atomic E-state index is 0.158. The van der Waals surface area contributed by atoms with Gasteiger partial charge in [-0.2, -0.15) is 22.7 Å². The fourth-order valence-corrected chi connectivity index (χ4v) is 3.05. The smallest absolute Gasteiger partial charge is 0.279 e. The van der Waals surface area contributed by atoms with Crippen LogP contribution in [0.3, 0.4) is 0 Å². The van der Waals surface area contributed by atoms with Gasteiger partial charge in [-0.15, -0.1) is 0 Å². The first kappa shape index (κ1) is 19.4. The molecule has 0 radical (unpaired) electrons. The summed E-state index contributed by atoms with van der Waals surface area (Å²) in [5.74, 6) is 0.521. The maximum absolute atomic E-state index is 12.1. The van der Waals surface area contributed by atoms with Crippen LogP contribution in [-0.2, 0) is 16.8 Å². The van der Waals surface area contributed by atoms with E-state index in [-0.39, 0.29) is 19.0 Å². The summed E-state index contributed by atoms with van der Waals surface area (Å²) < 4.78 is 27.9. The highest BCUT2D eigenvalue weighted by Gasteiger charge is 2.19. The van der Waals surface area contributed by atoms with Crippen molar-refractivity contribution in [3.05, 3.63) is 23.9 Å². The molecule has 1 rings (SSSR count). The van der Waals surface area contributed by atoms with Crippen LogP contribution >= 0.6 is 0 Å². The Bertz CT molecular complexity index is 620. The number of nitrogens with zero attached hydrogens (tertiary/aromatic N) is 4. The molecule has 128 valence electrons. The Hall–Kier alpha value is -1.69. The normalized spacial score (nSPS) is 12.9. The van der Waals surface area contributed by atoms with Crippen LogP contribution in [0.1, 0.15) is 26.3 Å². The molecule has 0 aliphatic carbocycles. The van der Waals surface area contributed by atoms with E-state index in [1.807, 2.05) is 18.2 Å². The number of nitrogens with one attached hydrogen (secondary N) is 1. The second-order valence-corrected chi connectivity index (χ2v) is 7.20. The summed E-state index contributed by atoms with van der Waals surface area (Å²) in [7, 11) is -2.15. The third kappa shape index (κ3) is 5.78. The minimum atomic E-state index is -3.61. The van der Waals surface area contributed by atoms with Crippen molar-refractivity contribution in [3.63, 3.8) is 0 Å². The summed E-state index contributed by atoms with van der Waals surface area (Å²) >= 11 is 0. The lowest BCUT2D eigenvalue weighted by Crippen LogP contribution is -2.39. The first-order valence-electron chi connectivity index (χ1n) is 7.64. The van der Waals surface area contributed by atoms with Crippen LogP contribution < -0.4 is 9.62 Å². The summed E-state index contributed by atoms with van der Waals surface area (Å²) in [6.45, 7) is 7.87. The Balaban J connectivity index is 2.65. The van der Waals surface area contributed by atoms with Crippen LogP contribution in [0.2, 0.25) is 0 Å². The monoisotopic (exact) mass is 339 g/mol. The minimum Gasteiger partial charge on any atom is -0.357 e. The molecule has 8 heteroatoms. The number of aromatic nitrogens is 1. The number of rotatable bonds is 9. The van der Waals surface area contributed by atoms with Gasteiger partial charge in [-0.1, -0.05) is 6.07 Å². The van der Waals surface area contributed by atoms with Gasteiger partial charge in [-0.05, 0) is 32.4 Å². The Kier molecular flexibility index (Phi) is 7.42. The summed E-state index contributed by atoms with van der Waals surface area (Å²) in [6, 6.07) is 5.77. The van der Waals surface area contributed by atoms with Gasteiger partial charge in [-0.3, -0.25) is 0 Å². The first-order valence-corrected chi connectivity index (χ1v) is 9.08. The predicted octanol–water partition coefficient (Wildman–Crippen LogP) is 1.35. The zero-order chi connectivity index (χ0) is 17.5. The highest BCUT2D eigenvalue weighted by Crippen LogP contribution is 2.11. The van der Waals surface area contributed by atoms with Crippen molar-refractivity contribution in [2.45, 2.75) is 27.3 Å². The zero-order valence-corrected chi connectivity index (χ0v) is 15.0. The van der Waals surface area contributed by atoms with Crippen molar-refractivity contribution in [1.29, 1.82) is 5.26 Å². The molecule has 0 saturated heterocycles. The molecule has 1 N–H and O–H groups in total.